The molecule has 1 fully saturated rings. The predicted octanol–water partition coefficient (Wildman–Crippen LogP) is 2.82. The van der Waals surface area contributed by atoms with Gasteiger partial charge >= 0.3 is 0 Å². The molecule has 1 unspecified atom stereocenters. The fourth-order valence-corrected chi connectivity index (χ4v) is 3.99. The van der Waals surface area contributed by atoms with Crippen molar-refractivity contribution in [2.45, 2.75) is 6.92 Å². The van der Waals surface area contributed by atoms with Gasteiger partial charge in [0.2, 0.25) is 5.95 Å². The summed E-state index contributed by atoms with van der Waals surface area (Å²) >= 11 is 0. The topological polar surface area (TPSA) is 128 Å². The second-order valence-electron chi connectivity index (χ2n) is 8.89. The molecule has 3 aromatic heterocycles. The highest BCUT2D eigenvalue weighted by molar-refractivity contribution is 5.98. The minimum Gasteiger partial charge on any atom is -0.493 e. The first kappa shape index (κ1) is 23.7. The van der Waals surface area contributed by atoms with Gasteiger partial charge in [-0.15, -0.1) is 0 Å². The number of carbonyl (C=O) groups is 1. The Labute approximate surface area is 208 Å². The number of piperazine rings is 1. The third-order valence-corrected chi connectivity index (χ3v) is 6.01. The van der Waals surface area contributed by atoms with Crippen LogP contribution < -0.4 is 15.4 Å². The third kappa shape index (κ3) is 5.45. The molecular formula is C26H29N7O3. The van der Waals surface area contributed by atoms with Crippen LogP contribution in [0.3, 0.4) is 0 Å². The lowest BCUT2D eigenvalue weighted by Crippen LogP contribution is -2.46. The van der Waals surface area contributed by atoms with Gasteiger partial charge in [-0.1, -0.05) is 6.92 Å². The molecule has 1 amide bonds. The molecule has 0 bridgehead atoms. The Morgan fingerprint density at radius 2 is 1.94 bits per heavy atom. The van der Waals surface area contributed by atoms with Crippen molar-refractivity contribution in [2.24, 2.45) is 5.92 Å². The summed E-state index contributed by atoms with van der Waals surface area (Å²) in [6.45, 7) is 5.45. The van der Waals surface area contributed by atoms with Crippen LogP contribution >= 0.6 is 0 Å². The number of ether oxygens (including phenoxy) is 1. The number of aliphatic hydroxyl groups excluding tert-OH is 1. The van der Waals surface area contributed by atoms with Crippen LogP contribution in [0.5, 0.6) is 5.75 Å². The standard InChI is InChI=1S/C26H29N7O3/c1-17(15-34)16-36-20-4-6-28-23(14-20)22-5-7-29-26(32-22)30-19-2-3-21-18(12-19)13-24(31-21)25(35)33-10-8-27-9-11-33/h2-7,12-14,17,27,31,34H,8-11,15-16H2,1H3,(H,29,30,32). The number of H-pyrrole nitrogens is 1. The van der Waals surface area contributed by atoms with Gasteiger partial charge in [0.1, 0.15) is 11.4 Å². The maximum Gasteiger partial charge on any atom is 0.270 e. The number of carbonyl (C=O) groups excluding carboxylic acids is 1. The van der Waals surface area contributed by atoms with Gasteiger partial charge in [-0.2, -0.15) is 0 Å². The SMILES string of the molecule is CC(CO)COc1ccnc(-c2ccnc(Nc3ccc4[nH]c(C(=O)N5CCNCC5)cc4c3)n2)c1. The van der Waals surface area contributed by atoms with E-state index in [0.717, 1.165) is 29.7 Å². The van der Waals surface area contributed by atoms with Gasteiger partial charge < -0.3 is 30.4 Å². The smallest absolute Gasteiger partial charge is 0.270 e. The van der Waals surface area contributed by atoms with E-state index in [2.05, 4.69) is 30.6 Å². The monoisotopic (exact) mass is 487 g/mol. The van der Waals surface area contributed by atoms with Crippen LogP contribution in [0.1, 0.15) is 17.4 Å². The Hall–Kier alpha value is -4.02. The van der Waals surface area contributed by atoms with Gasteiger partial charge in [0.25, 0.3) is 5.91 Å². The quantitative estimate of drug-likeness (QED) is 0.299. The Kier molecular flexibility index (Phi) is 7.06. The average Bonchev–Trinajstić information content (AvgIpc) is 3.35. The maximum absolute atomic E-state index is 12.8. The number of anilines is 2. The molecule has 4 N–H and O–H groups in total. The number of aliphatic hydroxyl groups is 1. The maximum atomic E-state index is 12.8. The number of pyridine rings is 1. The van der Waals surface area contributed by atoms with E-state index in [1.807, 2.05) is 42.2 Å². The molecule has 1 atom stereocenters. The van der Waals surface area contributed by atoms with Gasteiger partial charge in [0.15, 0.2) is 0 Å². The van der Waals surface area contributed by atoms with Crippen LogP contribution in [0, 0.1) is 5.92 Å². The first-order valence-corrected chi connectivity index (χ1v) is 12.0. The van der Waals surface area contributed by atoms with Crippen molar-refractivity contribution < 1.29 is 14.6 Å². The van der Waals surface area contributed by atoms with Crippen molar-refractivity contribution in [3.05, 3.63) is 60.6 Å². The minimum absolute atomic E-state index is 0.0165. The molecule has 1 aromatic carbocycles. The number of fused-ring (bicyclic) bond motifs is 1. The molecule has 1 aliphatic rings. The van der Waals surface area contributed by atoms with E-state index in [1.165, 1.54) is 0 Å². The van der Waals surface area contributed by atoms with Crippen molar-refractivity contribution >= 4 is 28.4 Å². The third-order valence-electron chi connectivity index (χ3n) is 6.01. The molecular weight excluding hydrogens is 458 g/mol. The van der Waals surface area contributed by atoms with E-state index in [4.69, 9.17) is 4.74 Å². The summed E-state index contributed by atoms with van der Waals surface area (Å²) in [5.74, 6) is 1.16. The summed E-state index contributed by atoms with van der Waals surface area (Å²) in [7, 11) is 0. The molecule has 1 aliphatic heterocycles. The lowest BCUT2D eigenvalue weighted by molar-refractivity contribution is 0.0731. The van der Waals surface area contributed by atoms with Gasteiger partial charge in [0.05, 0.1) is 18.0 Å². The second-order valence-corrected chi connectivity index (χ2v) is 8.89. The molecule has 4 aromatic rings. The highest BCUT2D eigenvalue weighted by Gasteiger charge is 2.19. The summed E-state index contributed by atoms with van der Waals surface area (Å²) in [4.78, 5) is 31.3. The van der Waals surface area contributed by atoms with Gasteiger partial charge in [-0.3, -0.25) is 9.78 Å². The number of nitrogens with zero attached hydrogens (tertiary/aromatic N) is 4. The fourth-order valence-electron chi connectivity index (χ4n) is 3.99. The zero-order valence-corrected chi connectivity index (χ0v) is 20.1. The zero-order valence-electron chi connectivity index (χ0n) is 20.1. The first-order valence-electron chi connectivity index (χ1n) is 12.0. The van der Waals surface area contributed by atoms with E-state index in [0.29, 0.717) is 48.5 Å². The van der Waals surface area contributed by atoms with E-state index in [1.54, 1.807) is 24.5 Å². The molecule has 1 saturated heterocycles. The largest absolute Gasteiger partial charge is 0.493 e. The number of aromatic amines is 1. The van der Waals surface area contributed by atoms with Crippen LogP contribution in [0.4, 0.5) is 11.6 Å². The lowest BCUT2D eigenvalue weighted by atomic mass is 10.2. The first-order chi connectivity index (χ1) is 17.6. The molecule has 10 nitrogen and oxygen atoms in total. The average molecular weight is 488 g/mol. The molecule has 0 radical (unpaired) electrons. The number of amides is 1. The Morgan fingerprint density at radius 3 is 2.78 bits per heavy atom. The van der Waals surface area contributed by atoms with Crippen molar-refractivity contribution in [3.8, 4) is 17.1 Å². The van der Waals surface area contributed by atoms with E-state index < -0.39 is 0 Å². The number of hydrogen-bond donors (Lipinski definition) is 4. The molecule has 4 heterocycles. The van der Waals surface area contributed by atoms with Crippen molar-refractivity contribution in [1.82, 2.24) is 30.2 Å². The van der Waals surface area contributed by atoms with Crippen LogP contribution in [0.2, 0.25) is 0 Å². The number of aromatic nitrogens is 4. The van der Waals surface area contributed by atoms with Gasteiger partial charge in [-0.05, 0) is 36.4 Å². The number of rotatable bonds is 8. The van der Waals surface area contributed by atoms with Crippen molar-refractivity contribution in [3.63, 3.8) is 0 Å². The second kappa shape index (κ2) is 10.7. The molecule has 36 heavy (non-hydrogen) atoms. The summed E-state index contributed by atoms with van der Waals surface area (Å²) in [5, 5.41) is 16.6. The van der Waals surface area contributed by atoms with E-state index in [-0.39, 0.29) is 18.4 Å². The Balaban J connectivity index is 1.31. The Morgan fingerprint density at radius 1 is 1.11 bits per heavy atom. The molecule has 10 heteroatoms. The highest BCUT2D eigenvalue weighted by Crippen LogP contribution is 2.25. The lowest BCUT2D eigenvalue weighted by Gasteiger charge is -2.26. The predicted molar refractivity (Wildman–Crippen MR) is 137 cm³/mol. The van der Waals surface area contributed by atoms with Gasteiger partial charge in [0, 0.05) is 73.8 Å². The molecule has 186 valence electrons. The molecule has 0 aliphatic carbocycles. The van der Waals surface area contributed by atoms with Gasteiger partial charge in [-0.25, -0.2) is 9.97 Å². The Bertz CT molecular complexity index is 1350. The van der Waals surface area contributed by atoms with Crippen LogP contribution in [0.25, 0.3) is 22.3 Å². The van der Waals surface area contributed by atoms with E-state index in [9.17, 15) is 9.90 Å². The van der Waals surface area contributed by atoms with Crippen LogP contribution in [-0.4, -0.2) is 75.2 Å². The fraction of sp³-hybridized carbons (Fsp3) is 0.308. The zero-order chi connectivity index (χ0) is 24.9. The van der Waals surface area contributed by atoms with Crippen molar-refractivity contribution in [1.29, 1.82) is 0 Å². The molecule has 0 saturated carbocycles. The highest BCUT2D eigenvalue weighted by atomic mass is 16.5. The molecule has 5 rings (SSSR count). The number of nitrogens with one attached hydrogen (secondary N) is 3. The van der Waals surface area contributed by atoms with Crippen molar-refractivity contribution in [2.75, 3.05) is 44.7 Å². The summed E-state index contributed by atoms with van der Waals surface area (Å²) in [5.41, 5.74) is 3.60. The van der Waals surface area contributed by atoms with Crippen LogP contribution in [-0.2, 0) is 0 Å². The van der Waals surface area contributed by atoms with Crippen LogP contribution in [0.15, 0.2) is 54.9 Å². The minimum atomic E-state index is 0.0165. The van der Waals surface area contributed by atoms with E-state index >= 15 is 0 Å². The summed E-state index contributed by atoms with van der Waals surface area (Å²) in [6.07, 6.45) is 3.34. The molecule has 0 spiro atoms. The summed E-state index contributed by atoms with van der Waals surface area (Å²) < 4.78 is 5.75. The number of benzene rings is 1. The normalized spacial score (nSPS) is 14.6. The summed E-state index contributed by atoms with van der Waals surface area (Å²) in [6, 6.07) is 13.1. The number of hydrogen-bond acceptors (Lipinski definition) is 8.